The van der Waals surface area contributed by atoms with E-state index in [-0.39, 0.29) is 0 Å². The number of aromatic nitrogens is 2. The van der Waals surface area contributed by atoms with Crippen LogP contribution in [0.2, 0.25) is 0 Å². The molecule has 2 unspecified atom stereocenters. The molecule has 0 spiro atoms. The zero-order valence-electron chi connectivity index (χ0n) is 11.1. The number of nitrogens with one attached hydrogen (secondary N) is 1. The van der Waals surface area contributed by atoms with Crippen molar-refractivity contribution in [1.29, 1.82) is 0 Å². The molecule has 0 amide bonds. The maximum absolute atomic E-state index is 11.7. The first-order valence-corrected chi connectivity index (χ1v) is 6.23. The van der Waals surface area contributed by atoms with E-state index < -0.39 is 53.9 Å². The molecule has 11 heteroatoms. The molecule has 1 aliphatic heterocycles. The van der Waals surface area contributed by atoms with E-state index in [2.05, 4.69) is 0 Å². The molecule has 7 N–H and O–H groups in total. The number of nitrogens with zero attached hydrogens (tertiary/aromatic N) is 1. The van der Waals surface area contributed by atoms with Gasteiger partial charge in [-0.05, 0) is 0 Å². The van der Waals surface area contributed by atoms with Gasteiger partial charge in [0.15, 0.2) is 6.23 Å². The number of rotatable bonds is 4. The Hall–Kier alpha value is -2.05. The Balaban J connectivity index is 2.28. The molecular formula is C11H15N3O8. The number of ether oxygens (including phenoxy) is 1. The fraction of sp³-hybridized carbons (Fsp3) is 0.545. The highest BCUT2D eigenvalue weighted by molar-refractivity contribution is 5.74. The van der Waals surface area contributed by atoms with Crippen LogP contribution in [-0.4, -0.2) is 66.4 Å². The molecule has 0 aromatic carbocycles. The quantitative estimate of drug-likeness (QED) is 0.321. The smallest absolute Gasteiger partial charge is 0.330 e. The summed E-state index contributed by atoms with van der Waals surface area (Å²) in [6.45, 7) is 0. The highest BCUT2D eigenvalue weighted by Gasteiger charge is 2.49. The molecule has 2 heterocycles. The fourth-order valence-corrected chi connectivity index (χ4v) is 2.18. The minimum atomic E-state index is -1.81. The van der Waals surface area contributed by atoms with Gasteiger partial charge in [0.05, 0.1) is 0 Å². The Bertz CT molecular complexity index is 670. The Morgan fingerprint density at radius 1 is 1.36 bits per heavy atom. The van der Waals surface area contributed by atoms with Crippen LogP contribution < -0.4 is 17.0 Å². The van der Waals surface area contributed by atoms with E-state index in [0.717, 1.165) is 16.8 Å². The molecule has 22 heavy (non-hydrogen) atoms. The summed E-state index contributed by atoms with van der Waals surface area (Å²) in [5, 5.41) is 38.3. The number of aliphatic hydroxyl groups excluding tert-OH is 3. The first-order valence-electron chi connectivity index (χ1n) is 6.23. The number of hydrogen-bond donors (Lipinski definition) is 6. The Kier molecular flexibility index (Phi) is 4.44. The average molecular weight is 317 g/mol. The zero-order chi connectivity index (χ0) is 16.6. The zero-order valence-corrected chi connectivity index (χ0v) is 11.1. The van der Waals surface area contributed by atoms with Crippen molar-refractivity contribution in [3.8, 4) is 0 Å². The van der Waals surface area contributed by atoms with Crippen molar-refractivity contribution >= 4 is 5.97 Å². The lowest BCUT2D eigenvalue weighted by Crippen LogP contribution is -2.51. The maximum atomic E-state index is 11.7. The molecule has 1 saturated heterocycles. The van der Waals surface area contributed by atoms with Crippen LogP contribution >= 0.6 is 0 Å². The molecule has 1 aliphatic rings. The van der Waals surface area contributed by atoms with Gasteiger partial charge in [-0.3, -0.25) is 19.1 Å². The standard InChI is InChI=1S/C11H15N3O8/c12-4(10(19)20)5(16)8-6(17)7(18)9(22-8)14-2-1-3(15)13-11(14)21/h1-2,4-9,16-18H,12H2,(H,19,20)(H,13,15,21)/t4-,5+,6?,7?,8-,9-/m1/s1. The lowest BCUT2D eigenvalue weighted by Gasteiger charge is -2.23. The first-order chi connectivity index (χ1) is 10.2. The first kappa shape index (κ1) is 16.3. The molecule has 122 valence electrons. The summed E-state index contributed by atoms with van der Waals surface area (Å²) in [7, 11) is 0. The van der Waals surface area contributed by atoms with Gasteiger partial charge in [0.1, 0.15) is 30.5 Å². The van der Waals surface area contributed by atoms with E-state index in [0.29, 0.717) is 0 Å². The summed E-state index contributed by atoms with van der Waals surface area (Å²) in [6.07, 6.45) is -7.03. The Labute approximate surface area is 122 Å². The van der Waals surface area contributed by atoms with E-state index in [9.17, 15) is 29.7 Å². The van der Waals surface area contributed by atoms with Gasteiger partial charge < -0.3 is 30.9 Å². The molecule has 11 nitrogen and oxygen atoms in total. The number of carboxylic acids is 1. The largest absolute Gasteiger partial charge is 0.480 e. The number of aliphatic carboxylic acids is 1. The number of H-pyrrole nitrogens is 1. The van der Waals surface area contributed by atoms with Gasteiger partial charge >= 0.3 is 11.7 Å². The molecule has 0 radical (unpaired) electrons. The van der Waals surface area contributed by atoms with Crippen LogP contribution in [0.4, 0.5) is 0 Å². The minimum absolute atomic E-state index is 0.668. The van der Waals surface area contributed by atoms with Crippen LogP contribution in [0.5, 0.6) is 0 Å². The van der Waals surface area contributed by atoms with Crippen LogP contribution in [-0.2, 0) is 9.53 Å². The second-order valence-electron chi connectivity index (χ2n) is 4.84. The average Bonchev–Trinajstić information content (AvgIpc) is 2.74. The van der Waals surface area contributed by atoms with E-state index in [1.165, 1.54) is 0 Å². The van der Waals surface area contributed by atoms with Crippen LogP contribution in [0.15, 0.2) is 21.9 Å². The minimum Gasteiger partial charge on any atom is -0.480 e. The number of carboxylic acid groups (broad SMARTS) is 1. The van der Waals surface area contributed by atoms with Crippen molar-refractivity contribution in [2.45, 2.75) is 36.7 Å². The SMILES string of the molecule is N[C@@H](C(=O)O)[C@H](O)[C@H]1O[C@@H](n2ccc(=O)[nH]c2=O)C(O)C1O. The summed E-state index contributed by atoms with van der Waals surface area (Å²) in [5.41, 5.74) is 3.67. The molecule has 2 rings (SSSR count). The van der Waals surface area contributed by atoms with Gasteiger partial charge in [0.2, 0.25) is 0 Å². The summed E-state index contributed by atoms with van der Waals surface area (Å²) < 4.78 is 5.97. The lowest BCUT2D eigenvalue weighted by atomic mass is 10.0. The van der Waals surface area contributed by atoms with E-state index in [4.69, 9.17) is 15.6 Å². The molecular weight excluding hydrogens is 302 g/mol. The summed E-state index contributed by atoms with van der Waals surface area (Å²) >= 11 is 0. The number of aromatic amines is 1. The predicted molar refractivity (Wildman–Crippen MR) is 68.9 cm³/mol. The second kappa shape index (κ2) is 5.98. The number of nitrogens with two attached hydrogens (primary N) is 1. The van der Waals surface area contributed by atoms with Gasteiger partial charge in [-0.2, -0.15) is 0 Å². The number of aliphatic hydroxyl groups is 3. The normalized spacial score (nSPS) is 30.9. The predicted octanol–water partition coefficient (Wildman–Crippen LogP) is -4.07. The van der Waals surface area contributed by atoms with Crippen LogP contribution in [0.1, 0.15) is 6.23 Å². The van der Waals surface area contributed by atoms with Crippen molar-refractivity contribution < 1.29 is 30.0 Å². The van der Waals surface area contributed by atoms with Crippen LogP contribution in [0.3, 0.4) is 0 Å². The van der Waals surface area contributed by atoms with Gasteiger partial charge in [0, 0.05) is 12.3 Å². The molecule has 1 aromatic heterocycles. The van der Waals surface area contributed by atoms with E-state index in [1.54, 1.807) is 0 Å². The van der Waals surface area contributed by atoms with Crippen molar-refractivity contribution in [2.75, 3.05) is 0 Å². The summed E-state index contributed by atoms with van der Waals surface area (Å²) in [4.78, 5) is 35.3. The summed E-state index contributed by atoms with van der Waals surface area (Å²) in [6, 6.07) is -0.755. The lowest BCUT2D eigenvalue weighted by molar-refractivity contribution is -0.147. The third-order valence-corrected chi connectivity index (χ3v) is 3.39. The highest BCUT2D eigenvalue weighted by atomic mass is 16.6. The Morgan fingerprint density at radius 2 is 2.00 bits per heavy atom. The van der Waals surface area contributed by atoms with E-state index in [1.807, 2.05) is 4.98 Å². The summed E-state index contributed by atoms with van der Waals surface area (Å²) in [5.74, 6) is -1.53. The monoisotopic (exact) mass is 317 g/mol. The fourth-order valence-electron chi connectivity index (χ4n) is 2.18. The van der Waals surface area contributed by atoms with Gasteiger partial charge in [-0.1, -0.05) is 0 Å². The number of carbonyl (C=O) groups is 1. The van der Waals surface area contributed by atoms with Crippen LogP contribution in [0.25, 0.3) is 0 Å². The third kappa shape index (κ3) is 2.80. The topological polar surface area (TPSA) is 188 Å². The van der Waals surface area contributed by atoms with Crippen molar-refractivity contribution in [1.82, 2.24) is 9.55 Å². The number of hydrogen-bond acceptors (Lipinski definition) is 8. The Morgan fingerprint density at radius 3 is 2.55 bits per heavy atom. The highest BCUT2D eigenvalue weighted by Crippen LogP contribution is 2.30. The molecule has 1 fully saturated rings. The molecule has 1 aromatic rings. The molecule has 6 atom stereocenters. The van der Waals surface area contributed by atoms with Gasteiger partial charge in [0.25, 0.3) is 5.56 Å². The van der Waals surface area contributed by atoms with E-state index >= 15 is 0 Å². The van der Waals surface area contributed by atoms with Crippen LogP contribution in [0, 0.1) is 0 Å². The van der Waals surface area contributed by atoms with Crippen molar-refractivity contribution in [3.05, 3.63) is 33.1 Å². The molecule has 0 bridgehead atoms. The third-order valence-electron chi connectivity index (χ3n) is 3.39. The maximum Gasteiger partial charge on any atom is 0.330 e. The molecule has 0 saturated carbocycles. The van der Waals surface area contributed by atoms with Gasteiger partial charge in [-0.25, -0.2) is 4.79 Å². The van der Waals surface area contributed by atoms with Crippen molar-refractivity contribution in [3.63, 3.8) is 0 Å². The van der Waals surface area contributed by atoms with Gasteiger partial charge in [-0.15, -0.1) is 0 Å². The molecule has 0 aliphatic carbocycles. The van der Waals surface area contributed by atoms with Crippen molar-refractivity contribution in [2.24, 2.45) is 5.73 Å². The second-order valence-corrected chi connectivity index (χ2v) is 4.84.